The van der Waals surface area contributed by atoms with Gasteiger partial charge in [0.25, 0.3) is 0 Å². The highest BCUT2D eigenvalue weighted by atomic mass is 35.5. The number of carbonyl (C=O) groups excluding carboxylic acids is 1. The molecule has 162 valence electrons. The van der Waals surface area contributed by atoms with E-state index in [4.69, 9.17) is 37.4 Å². The average Bonchev–Trinajstić information content (AvgIpc) is 2.68. The van der Waals surface area contributed by atoms with E-state index in [9.17, 15) is 18.0 Å². The van der Waals surface area contributed by atoms with Crippen molar-refractivity contribution >= 4 is 34.7 Å². The summed E-state index contributed by atoms with van der Waals surface area (Å²) in [6.45, 7) is -1.52. The second kappa shape index (κ2) is 10.4. The zero-order valence-electron chi connectivity index (χ0n) is 15.9. The van der Waals surface area contributed by atoms with Crippen molar-refractivity contribution in [2.45, 2.75) is 12.8 Å². The molecule has 0 unspecified atom stereocenters. The Kier molecular flexibility index (Phi) is 8.25. The predicted octanol–water partition coefficient (Wildman–Crippen LogP) is 5.67. The monoisotopic (exact) mass is 464 g/mol. The van der Waals surface area contributed by atoms with Gasteiger partial charge in [-0.2, -0.15) is 13.2 Å². The van der Waals surface area contributed by atoms with Gasteiger partial charge in [0.1, 0.15) is 17.9 Å². The van der Waals surface area contributed by atoms with Crippen molar-refractivity contribution in [1.29, 1.82) is 0 Å². The van der Waals surface area contributed by atoms with Crippen LogP contribution in [0.25, 0.3) is 5.57 Å². The van der Waals surface area contributed by atoms with E-state index < -0.39 is 18.8 Å². The Morgan fingerprint density at radius 1 is 1.07 bits per heavy atom. The highest BCUT2D eigenvalue weighted by Crippen LogP contribution is 2.38. The molecule has 0 saturated carbocycles. The molecular formula is C20H17Cl2F3O5. The van der Waals surface area contributed by atoms with Crippen molar-refractivity contribution in [1.82, 2.24) is 0 Å². The molecule has 0 aliphatic heterocycles. The SMILES string of the molecule is CO/C=C(/C(=O)OC)c1ccccc1COc1cc(Cl)c(OCC(F)(F)F)c(Cl)c1. The van der Waals surface area contributed by atoms with Gasteiger partial charge in [0, 0.05) is 12.1 Å². The summed E-state index contributed by atoms with van der Waals surface area (Å²) < 4.78 is 57.1. The molecule has 0 saturated heterocycles. The second-order valence-corrected chi connectivity index (χ2v) is 6.64. The summed E-state index contributed by atoms with van der Waals surface area (Å²) in [5.74, 6) is -0.685. The van der Waals surface area contributed by atoms with Crippen LogP contribution in [-0.2, 0) is 20.9 Å². The summed E-state index contributed by atoms with van der Waals surface area (Å²) in [5.41, 5.74) is 1.33. The van der Waals surface area contributed by atoms with E-state index in [0.717, 1.165) is 0 Å². The summed E-state index contributed by atoms with van der Waals surface area (Å²) >= 11 is 12.0. The lowest BCUT2D eigenvalue weighted by Crippen LogP contribution is -2.19. The number of methoxy groups -OCH3 is 2. The quantitative estimate of drug-likeness (QED) is 0.286. The summed E-state index contributed by atoms with van der Waals surface area (Å²) in [4.78, 5) is 12.0. The Morgan fingerprint density at radius 2 is 1.70 bits per heavy atom. The molecule has 0 N–H and O–H groups in total. The summed E-state index contributed by atoms with van der Waals surface area (Å²) in [6.07, 6.45) is -3.27. The van der Waals surface area contributed by atoms with Crippen molar-refractivity contribution in [2.24, 2.45) is 0 Å². The second-order valence-electron chi connectivity index (χ2n) is 5.82. The molecule has 0 atom stereocenters. The molecule has 0 aliphatic carbocycles. The smallest absolute Gasteiger partial charge is 0.422 e. The van der Waals surface area contributed by atoms with Gasteiger partial charge in [0.2, 0.25) is 0 Å². The summed E-state index contributed by atoms with van der Waals surface area (Å²) in [7, 11) is 2.64. The molecule has 10 heteroatoms. The number of halogens is 5. The van der Waals surface area contributed by atoms with Gasteiger partial charge in [0.15, 0.2) is 12.4 Å². The normalized spacial score (nSPS) is 11.8. The van der Waals surface area contributed by atoms with E-state index in [0.29, 0.717) is 11.1 Å². The van der Waals surface area contributed by atoms with Crippen LogP contribution >= 0.6 is 23.2 Å². The third kappa shape index (κ3) is 6.47. The van der Waals surface area contributed by atoms with E-state index in [-0.39, 0.29) is 33.7 Å². The molecule has 2 aromatic rings. The van der Waals surface area contributed by atoms with Crippen LogP contribution in [0.3, 0.4) is 0 Å². The number of rotatable bonds is 8. The Balaban J connectivity index is 2.22. The van der Waals surface area contributed by atoms with Crippen molar-refractivity contribution < 1.29 is 36.9 Å². The maximum absolute atomic E-state index is 12.4. The Morgan fingerprint density at radius 3 is 2.27 bits per heavy atom. The zero-order chi connectivity index (χ0) is 22.3. The van der Waals surface area contributed by atoms with Crippen LogP contribution in [0.4, 0.5) is 13.2 Å². The number of hydrogen-bond acceptors (Lipinski definition) is 5. The predicted molar refractivity (Wildman–Crippen MR) is 106 cm³/mol. The third-order valence-electron chi connectivity index (χ3n) is 3.69. The fraction of sp³-hybridized carbons (Fsp3) is 0.250. The van der Waals surface area contributed by atoms with E-state index >= 15 is 0 Å². The van der Waals surface area contributed by atoms with Crippen molar-refractivity contribution in [3.8, 4) is 11.5 Å². The van der Waals surface area contributed by atoms with Gasteiger partial charge >= 0.3 is 12.1 Å². The number of hydrogen-bond donors (Lipinski definition) is 0. The van der Waals surface area contributed by atoms with Crippen LogP contribution in [0.5, 0.6) is 11.5 Å². The number of benzene rings is 2. The Hall–Kier alpha value is -2.58. The van der Waals surface area contributed by atoms with Crippen LogP contribution in [0, 0.1) is 0 Å². The van der Waals surface area contributed by atoms with Crippen molar-refractivity contribution in [3.05, 3.63) is 63.8 Å². The maximum atomic E-state index is 12.4. The molecule has 30 heavy (non-hydrogen) atoms. The van der Waals surface area contributed by atoms with Gasteiger partial charge < -0.3 is 18.9 Å². The van der Waals surface area contributed by atoms with Gasteiger partial charge in [-0.3, -0.25) is 0 Å². The van der Waals surface area contributed by atoms with E-state index in [1.54, 1.807) is 24.3 Å². The first-order chi connectivity index (χ1) is 14.2. The van der Waals surface area contributed by atoms with Gasteiger partial charge in [0.05, 0.1) is 30.5 Å². The maximum Gasteiger partial charge on any atom is 0.422 e. The molecule has 0 spiro atoms. The third-order valence-corrected chi connectivity index (χ3v) is 4.26. The molecule has 0 aromatic heterocycles. The fourth-order valence-corrected chi connectivity index (χ4v) is 3.01. The topological polar surface area (TPSA) is 54.0 Å². The molecule has 5 nitrogen and oxygen atoms in total. The number of ether oxygens (including phenoxy) is 4. The highest BCUT2D eigenvalue weighted by Gasteiger charge is 2.29. The van der Waals surface area contributed by atoms with E-state index in [1.165, 1.54) is 32.6 Å². The Bertz CT molecular complexity index is 906. The molecule has 0 amide bonds. The molecular weight excluding hydrogens is 448 g/mol. The first-order valence-corrected chi connectivity index (χ1v) is 9.12. The fourth-order valence-electron chi connectivity index (χ4n) is 2.43. The summed E-state index contributed by atoms with van der Waals surface area (Å²) in [6, 6.07) is 9.46. The minimum Gasteiger partial charge on any atom is -0.503 e. The minimum absolute atomic E-state index is 0.00361. The van der Waals surface area contributed by atoms with Crippen molar-refractivity contribution in [3.63, 3.8) is 0 Å². The van der Waals surface area contributed by atoms with E-state index in [1.807, 2.05) is 0 Å². The largest absolute Gasteiger partial charge is 0.503 e. The molecule has 0 fully saturated rings. The highest BCUT2D eigenvalue weighted by molar-refractivity contribution is 6.37. The molecule has 0 aliphatic rings. The molecule has 0 heterocycles. The van der Waals surface area contributed by atoms with Crippen LogP contribution in [0.2, 0.25) is 10.0 Å². The summed E-state index contributed by atoms with van der Waals surface area (Å²) in [5, 5.41) is -0.269. The van der Waals surface area contributed by atoms with Crippen molar-refractivity contribution in [2.75, 3.05) is 20.8 Å². The van der Waals surface area contributed by atoms with Crippen LogP contribution in [0.1, 0.15) is 11.1 Å². The lowest BCUT2D eigenvalue weighted by atomic mass is 10.0. The van der Waals surface area contributed by atoms with Gasteiger partial charge in [-0.15, -0.1) is 0 Å². The average molecular weight is 465 g/mol. The molecule has 0 radical (unpaired) electrons. The van der Waals surface area contributed by atoms with Crippen LogP contribution < -0.4 is 9.47 Å². The van der Waals surface area contributed by atoms with Crippen LogP contribution in [-0.4, -0.2) is 33.0 Å². The Labute approximate surface area is 180 Å². The molecule has 2 rings (SSSR count). The van der Waals surface area contributed by atoms with Gasteiger partial charge in [-0.25, -0.2) is 4.79 Å². The van der Waals surface area contributed by atoms with Gasteiger partial charge in [-0.1, -0.05) is 47.5 Å². The lowest BCUT2D eigenvalue weighted by Gasteiger charge is -2.15. The molecule has 0 bridgehead atoms. The zero-order valence-corrected chi connectivity index (χ0v) is 17.4. The van der Waals surface area contributed by atoms with Gasteiger partial charge in [-0.05, 0) is 11.1 Å². The lowest BCUT2D eigenvalue weighted by molar-refractivity contribution is -0.153. The van der Waals surface area contributed by atoms with E-state index in [2.05, 4.69) is 4.74 Å². The number of esters is 1. The van der Waals surface area contributed by atoms with Crippen LogP contribution in [0.15, 0.2) is 42.7 Å². The first-order valence-electron chi connectivity index (χ1n) is 8.37. The number of carbonyl (C=O) groups is 1. The number of alkyl halides is 3. The standard InChI is InChI=1S/C20H17Cl2F3O5/c1-27-10-15(19(26)28-2)14-6-4-3-5-12(14)9-29-13-7-16(21)18(17(22)8-13)30-11-20(23,24)25/h3-8,10H,9,11H2,1-2H3/b15-10+. The minimum atomic E-state index is -4.53. The first kappa shape index (κ1) is 23.7. The molecule has 2 aromatic carbocycles.